The van der Waals surface area contributed by atoms with Crippen LogP contribution in [0, 0.1) is 0 Å². The number of alkyl halides is 9. The van der Waals surface area contributed by atoms with Crippen molar-refractivity contribution in [2.75, 3.05) is 13.1 Å². The molecule has 1 saturated heterocycles. The van der Waals surface area contributed by atoms with Gasteiger partial charge in [-0.15, -0.1) is 0 Å². The zero-order chi connectivity index (χ0) is 22.6. The van der Waals surface area contributed by atoms with Gasteiger partial charge in [-0.25, -0.2) is 4.79 Å². The molecule has 1 aliphatic heterocycles. The molecule has 1 fully saturated rings. The molecule has 166 valence electrons. The fourth-order valence-electron chi connectivity index (χ4n) is 1.73. The van der Waals surface area contributed by atoms with Crippen LogP contribution in [0.5, 0.6) is 0 Å². The van der Waals surface area contributed by atoms with Crippen LogP contribution < -0.4 is 0 Å². The average molecular weight is 455 g/mol. The van der Waals surface area contributed by atoms with Crippen LogP contribution in [0.3, 0.4) is 0 Å². The first-order valence-corrected chi connectivity index (χ1v) is 8.58. The number of carbonyl (C=O) groups excluding carboxylic acids is 1. The quantitative estimate of drug-likeness (QED) is 0.470. The lowest BCUT2D eigenvalue weighted by Gasteiger charge is -2.40. The van der Waals surface area contributed by atoms with Crippen LogP contribution in [-0.2, 0) is 19.0 Å². The smallest absolute Gasteiger partial charge is 0.444 e. The molecule has 0 spiro atoms. The van der Waals surface area contributed by atoms with E-state index in [-0.39, 0.29) is 0 Å². The number of ether oxygens (including phenoxy) is 1. The van der Waals surface area contributed by atoms with Crippen LogP contribution in [-0.4, -0.2) is 67.5 Å². The van der Waals surface area contributed by atoms with Crippen molar-refractivity contribution >= 4 is 16.2 Å². The highest BCUT2D eigenvalue weighted by Gasteiger charge is 2.86. The third-order valence-electron chi connectivity index (χ3n) is 3.19. The summed E-state index contributed by atoms with van der Waals surface area (Å²) in [7, 11) is -6.95. The van der Waals surface area contributed by atoms with E-state index in [1.54, 1.807) is 0 Å². The number of amides is 1. The highest BCUT2D eigenvalue weighted by atomic mass is 32.2. The predicted molar refractivity (Wildman–Crippen MR) is 72.5 cm³/mol. The Labute approximate surface area is 152 Å². The fourth-order valence-corrected chi connectivity index (χ4v) is 2.77. The first kappa shape index (κ1) is 24.6. The van der Waals surface area contributed by atoms with Gasteiger partial charge < -0.3 is 9.64 Å². The topological polar surface area (TPSA) is 72.9 Å². The maximum absolute atomic E-state index is 13.5. The molecule has 6 nitrogen and oxygen atoms in total. The van der Waals surface area contributed by atoms with E-state index in [2.05, 4.69) is 4.18 Å². The van der Waals surface area contributed by atoms with E-state index in [9.17, 15) is 52.7 Å². The van der Waals surface area contributed by atoms with Crippen molar-refractivity contribution in [3.63, 3.8) is 0 Å². The minimum Gasteiger partial charge on any atom is -0.444 e. The second-order valence-electron chi connectivity index (χ2n) is 6.72. The standard InChI is InChI=1S/C12H14F9NO5S/c1-8(2,3)26-7(23)22-4-6(5-22)27-28(24,25)12(20,21)10(15,16)9(13,14)11(17,18)19/h6H,4-5H2,1-3H3. The van der Waals surface area contributed by atoms with Crippen molar-refractivity contribution in [3.05, 3.63) is 0 Å². The van der Waals surface area contributed by atoms with Crippen molar-refractivity contribution in [2.24, 2.45) is 0 Å². The maximum Gasteiger partial charge on any atom is 0.460 e. The first-order valence-electron chi connectivity index (χ1n) is 7.18. The Morgan fingerprint density at radius 1 is 0.893 bits per heavy atom. The number of rotatable bonds is 5. The van der Waals surface area contributed by atoms with Gasteiger partial charge in [0.1, 0.15) is 11.7 Å². The van der Waals surface area contributed by atoms with Gasteiger partial charge in [-0.05, 0) is 20.8 Å². The molecule has 0 N–H and O–H groups in total. The summed E-state index contributed by atoms with van der Waals surface area (Å²) in [6, 6.07) is 0. The van der Waals surface area contributed by atoms with Gasteiger partial charge in [0.05, 0.1) is 13.1 Å². The zero-order valence-electron chi connectivity index (χ0n) is 14.3. The van der Waals surface area contributed by atoms with Gasteiger partial charge in [-0.3, -0.25) is 4.18 Å². The summed E-state index contributed by atoms with van der Waals surface area (Å²) in [6.07, 6.45) is -10.1. The molecule has 0 saturated carbocycles. The van der Waals surface area contributed by atoms with E-state index in [1.807, 2.05) is 0 Å². The van der Waals surface area contributed by atoms with Crippen LogP contribution >= 0.6 is 0 Å². The van der Waals surface area contributed by atoms with Crippen LogP contribution in [0.15, 0.2) is 0 Å². The Morgan fingerprint density at radius 3 is 1.68 bits per heavy atom. The lowest BCUT2D eigenvalue weighted by Crippen LogP contribution is -2.64. The molecular weight excluding hydrogens is 441 g/mol. The lowest BCUT2D eigenvalue weighted by molar-refractivity contribution is -0.383. The molecule has 0 aliphatic carbocycles. The van der Waals surface area contributed by atoms with Gasteiger partial charge in [0.2, 0.25) is 0 Å². The van der Waals surface area contributed by atoms with Crippen LogP contribution in [0.4, 0.5) is 44.3 Å². The van der Waals surface area contributed by atoms with Gasteiger partial charge in [-0.1, -0.05) is 0 Å². The molecule has 1 rings (SSSR count). The summed E-state index contributed by atoms with van der Waals surface area (Å²) in [4.78, 5) is 12.3. The summed E-state index contributed by atoms with van der Waals surface area (Å²) in [5.74, 6) is -14.7. The van der Waals surface area contributed by atoms with E-state index < -0.39 is 64.3 Å². The minimum absolute atomic E-state index is 0.700. The zero-order valence-corrected chi connectivity index (χ0v) is 15.1. The number of hydrogen-bond donors (Lipinski definition) is 0. The van der Waals surface area contributed by atoms with Gasteiger partial charge in [0.25, 0.3) is 0 Å². The highest BCUT2D eigenvalue weighted by Crippen LogP contribution is 2.55. The van der Waals surface area contributed by atoms with Gasteiger partial charge in [-0.2, -0.15) is 47.9 Å². The van der Waals surface area contributed by atoms with E-state index in [1.165, 1.54) is 20.8 Å². The summed E-state index contributed by atoms with van der Waals surface area (Å²) in [5, 5.41) is -6.93. The monoisotopic (exact) mass is 455 g/mol. The van der Waals surface area contributed by atoms with Crippen molar-refractivity contribution in [1.82, 2.24) is 4.90 Å². The number of hydrogen-bond acceptors (Lipinski definition) is 5. The molecule has 28 heavy (non-hydrogen) atoms. The minimum atomic E-state index is -7.37. The van der Waals surface area contributed by atoms with Gasteiger partial charge in [0, 0.05) is 0 Å². The Bertz CT molecular complexity index is 708. The van der Waals surface area contributed by atoms with E-state index in [0.29, 0.717) is 4.90 Å². The normalized spacial score (nSPS) is 18.1. The molecule has 0 bridgehead atoms. The summed E-state index contributed by atoms with van der Waals surface area (Å²) < 4.78 is 146. The first-order chi connectivity index (χ1) is 12.1. The molecule has 0 aromatic heterocycles. The van der Waals surface area contributed by atoms with Crippen LogP contribution in [0.2, 0.25) is 0 Å². The molecular formula is C12H14F9NO5S. The third kappa shape index (κ3) is 4.26. The molecule has 0 aromatic carbocycles. The van der Waals surface area contributed by atoms with Gasteiger partial charge in [0.15, 0.2) is 0 Å². The highest BCUT2D eigenvalue weighted by molar-refractivity contribution is 7.87. The largest absolute Gasteiger partial charge is 0.460 e. The number of nitrogens with zero attached hydrogens (tertiary/aromatic N) is 1. The molecule has 1 amide bonds. The van der Waals surface area contributed by atoms with E-state index >= 15 is 0 Å². The van der Waals surface area contributed by atoms with Crippen molar-refractivity contribution < 1.29 is 61.6 Å². The number of likely N-dealkylation sites (tertiary alicyclic amines) is 1. The van der Waals surface area contributed by atoms with Crippen molar-refractivity contribution in [1.29, 1.82) is 0 Å². The summed E-state index contributed by atoms with van der Waals surface area (Å²) in [5.41, 5.74) is -0.993. The molecule has 0 atom stereocenters. The third-order valence-corrected chi connectivity index (χ3v) is 4.60. The predicted octanol–water partition coefficient (Wildman–Crippen LogP) is 3.38. The van der Waals surface area contributed by atoms with Crippen LogP contribution in [0.25, 0.3) is 0 Å². The second-order valence-corrected chi connectivity index (χ2v) is 8.33. The van der Waals surface area contributed by atoms with Gasteiger partial charge >= 0.3 is 39.5 Å². The fraction of sp³-hybridized carbons (Fsp3) is 0.917. The molecule has 0 aromatic rings. The Kier molecular flexibility index (Phi) is 5.98. The summed E-state index contributed by atoms with van der Waals surface area (Å²) in [6.45, 7) is 2.81. The maximum atomic E-state index is 13.5. The van der Waals surface area contributed by atoms with E-state index in [0.717, 1.165) is 0 Å². The Balaban J connectivity index is 2.92. The van der Waals surface area contributed by atoms with E-state index in [4.69, 9.17) is 4.74 Å². The summed E-state index contributed by atoms with van der Waals surface area (Å²) >= 11 is 0. The SMILES string of the molecule is CC(C)(C)OC(=O)N1CC(OS(=O)(=O)C(F)(F)C(F)(F)C(F)(F)C(F)(F)F)C1. The van der Waals surface area contributed by atoms with Crippen molar-refractivity contribution in [2.45, 2.75) is 55.8 Å². The molecule has 0 unspecified atom stereocenters. The average Bonchev–Trinajstić information content (AvgIpc) is 2.38. The molecule has 16 heteroatoms. The van der Waals surface area contributed by atoms with Crippen LogP contribution in [0.1, 0.15) is 20.8 Å². The molecule has 1 aliphatic rings. The number of halogens is 9. The Hall–Kier alpha value is -1.45. The number of carbonyl (C=O) groups is 1. The Morgan fingerprint density at radius 2 is 1.32 bits per heavy atom. The molecule has 0 radical (unpaired) electrons. The van der Waals surface area contributed by atoms with Crippen molar-refractivity contribution in [3.8, 4) is 0 Å². The second kappa shape index (κ2) is 6.81. The lowest BCUT2D eigenvalue weighted by atomic mass is 10.1. The molecule has 1 heterocycles.